The summed E-state index contributed by atoms with van der Waals surface area (Å²) in [4.78, 5) is 13.4. The second-order valence-corrected chi connectivity index (χ2v) is 5.54. The molecule has 0 aliphatic rings. The molecule has 0 bridgehead atoms. The van der Waals surface area contributed by atoms with E-state index in [4.69, 9.17) is 11.6 Å². The van der Waals surface area contributed by atoms with Crippen LogP contribution in [-0.4, -0.2) is 26.6 Å². The number of benzene rings is 1. The average molecular weight is 314 g/mol. The molecule has 22 heavy (non-hydrogen) atoms. The lowest BCUT2D eigenvalue weighted by atomic mass is 10.2. The number of nitrogens with zero attached hydrogens (tertiary/aromatic N) is 4. The van der Waals surface area contributed by atoms with Crippen LogP contribution in [0.3, 0.4) is 0 Å². The van der Waals surface area contributed by atoms with Gasteiger partial charge < -0.3 is 9.88 Å². The van der Waals surface area contributed by atoms with Crippen LogP contribution in [0.2, 0.25) is 5.02 Å². The van der Waals surface area contributed by atoms with Gasteiger partial charge in [-0.25, -0.2) is 15.0 Å². The van der Waals surface area contributed by atoms with Crippen LogP contribution in [-0.2, 0) is 6.54 Å². The molecule has 112 valence electrons. The summed E-state index contributed by atoms with van der Waals surface area (Å²) in [6.07, 6.45) is 1.77. The molecule has 0 fully saturated rings. The summed E-state index contributed by atoms with van der Waals surface area (Å²) in [5.74, 6) is 1.32. The highest BCUT2D eigenvalue weighted by Crippen LogP contribution is 2.22. The molecule has 1 aromatic carbocycles. The van der Waals surface area contributed by atoms with Crippen LogP contribution >= 0.6 is 11.6 Å². The maximum atomic E-state index is 6.05. The normalized spacial score (nSPS) is 10.9. The lowest BCUT2D eigenvalue weighted by Gasteiger charge is -2.07. The predicted octanol–water partition coefficient (Wildman–Crippen LogP) is 3.60. The second-order valence-electron chi connectivity index (χ2n) is 5.10. The van der Waals surface area contributed by atoms with Gasteiger partial charge in [-0.1, -0.05) is 30.3 Å². The van der Waals surface area contributed by atoms with Crippen molar-refractivity contribution in [1.82, 2.24) is 19.5 Å². The highest BCUT2D eigenvalue weighted by Gasteiger charge is 2.13. The van der Waals surface area contributed by atoms with Crippen molar-refractivity contribution in [3.63, 3.8) is 0 Å². The summed E-state index contributed by atoms with van der Waals surface area (Å²) in [5.41, 5.74) is 3.43. The smallest absolute Gasteiger partial charge is 0.166 e. The number of hydrogen-bond donors (Lipinski definition) is 1. The van der Waals surface area contributed by atoms with E-state index in [9.17, 15) is 0 Å². The number of anilines is 1. The van der Waals surface area contributed by atoms with Gasteiger partial charge in [0.15, 0.2) is 17.3 Å². The van der Waals surface area contributed by atoms with Crippen molar-refractivity contribution in [2.45, 2.75) is 13.5 Å². The van der Waals surface area contributed by atoms with Crippen molar-refractivity contribution in [3.8, 4) is 0 Å². The van der Waals surface area contributed by atoms with Gasteiger partial charge >= 0.3 is 0 Å². The summed E-state index contributed by atoms with van der Waals surface area (Å²) in [5, 5.41) is 3.78. The van der Waals surface area contributed by atoms with Gasteiger partial charge in [0, 0.05) is 12.1 Å². The molecular formula is C16H16ClN5. The van der Waals surface area contributed by atoms with Gasteiger partial charge in [-0.3, -0.25) is 0 Å². The lowest BCUT2D eigenvalue weighted by molar-refractivity contribution is 0.812. The number of imidazole rings is 1. The third-order valence-electron chi connectivity index (χ3n) is 3.32. The summed E-state index contributed by atoms with van der Waals surface area (Å²) < 4.78 is 1.98. The summed E-state index contributed by atoms with van der Waals surface area (Å²) in [6, 6.07) is 7.76. The Labute approximate surface area is 133 Å². The fourth-order valence-corrected chi connectivity index (χ4v) is 2.47. The number of nitrogens with one attached hydrogen (secondary N) is 1. The van der Waals surface area contributed by atoms with E-state index in [1.54, 1.807) is 6.33 Å². The Balaban J connectivity index is 2.10. The largest absolute Gasteiger partial charge is 0.371 e. The van der Waals surface area contributed by atoms with Crippen molar-refractivity contribution in [2.75, 3.05) is 12.4 Å². The predicted molar refractivity (Wildman–Crippen MR) is 90.1 cm³/mol. The van der Waals surface area contributed by atoms with Crippen LogP contribution in [0.1, 0.15) is 18.3 Å². The Morgan fingerprint density at radius 3 is 2.86 bits per heavy atom. The quantitative estimate of drug-likeness (QED) is 0.799. The molecule has 0 radical (unpaired) electrons. The molecule has 2 heterocycles. The molecule has 1 N–H and O–H groups in total. The van der Waals surface area contributed by atoms with Gasteiger partial charge in [0.25, 0.3) is 0 Å². The Bertz CT molecular complexity index is 853. The van der Waals surface area contributed by atoms with Gasteiger partial charge in [-0.2, -0.15) is 0 Å². The molecule has 0 amide bonds. The zero-order valence-corrected chi connectivity index (χ0v) is 13.2. The SMILES string of the molecule is C=C(C)c1nc(NC)c2ncn(Cc3cccc(Cl)c3)c2n1. The minimum atomic E-state index is 0.615. The van der Waals surface area contributed by atoms with E-state index in [-0.39, 0.29) is 0 Å². The molecule has 0 atom stereocenters. The lowest BCUT2D eigenvalue weighted by Crippen LogP contribution is -2.04. The van der Waals surface area contributed by atoms with Crippen LogP contribution in [0.15, 0.2) is 37.2 Å². The molecule has 0 saturated heterocycles. The second kappa shape index (κ2) is 5.77. The fourth-order valence-electron chi connectivity index (χ4n) is 2.26. The Morgan fingerprint density at radius 2 is 2.18 bits per heavy atom. The number of rotatable bonds is 4. The Kier molecular flexibility index (Phi) is 3.81. The maximum Gasteiger partial charge on any atom is 0.166 e. The number of halogens is 1. The first-order valence-corrected chi connectivity index (χ1v) is 7.27. The van der Waals surface area contributed by atoms with Crippen molar-refractivity contribution in [3.05, 3.63) is 53.6 Å². The van der Waals surface area contributed by atoms with Gasteiger partial charge in [0.1, 0.15) is 5.52 Å². The molecule has 0 aliphatic carbocycles. The van der Waals surface area contributed by atoms with Gasteiger partial charge in [-0.05, 0) is 30.2 Å². The van der Waals surface area contributed by atoms with Crippen LogP contribution in [0, 0.1) is 0 Å². The standard InChI is InChI=1S/C16H16ClN5/c1-10(2)14-20-15(18-3)13-16(21-14)22(9-19-13)8-11-5-4-6-12(17)7-11/h4-7,9H,1,8H2,2-3H3,(H,18,20,21). The van der Waals surface area contributed by atoms with Crippen molar-refractivity contribution >= 4 is 34.2 Å². The Morgan fingerprint density at radius 1 is 1.36 bits per heavy atom. The van der Waals surface area contributed by atoms with E-state index in [0.717, 1.165) is 27.3 Å². The van der Waals surface area contributed by atoms with Gasteiger partial charge in [0.05, 0.1) is 12.9 Å². The molecule has 0 spiro atoms. The number of hydrogen-bond acceptors (Lipinski definition) is 4. The van der Waals surface area contributed by atoms with Crippen LogP contribution in [0.4, 0.5) is 5.82 Å². The molecule has 2 aromatic heterocycles. The zero-order valence-electron chi connectivity index (χ0n) is 12.5. The highest BCUT2D eigenvalue weighted by atomic mass is 35.5. The minimum Gasteiger partial charge on any atom is -0.371 e. The van der Waals surface area contributed by atoms with E-state index >= 15 is 0 Å². The van der Waals surface area contributed by atoms with E-state index in [2.05, 4.69) is 26.8 Å². The fraction of sp³-hybridized carbons (Fsp3) is 0.188. The first kappa shape index (κ1) is 14.5. The summed E-state index contributed by atoms with van der Waals surface area (Å²) in [6.45, 7) is 6.45. The first-order valence-electron chi connectivity index (χ1n) is 6.89. The molecule has 5 nitrogen and oxygen atoms in total. The van der Waals surface area contributed by atoms with Crippen molar-refractivity contribution in [2.24, 2.45) is 0 Å². The third kappa shape index (κ3) is 2.67. The van der Waals surface area contributed by atoms with E-state index in [0.29, 0.717) is 18.2 Å². The first-order chi connectivity index (χ1) is 10.6. The molecule has 0 aliphatic heterocycles. The molecule has 0 unspecified atom stereocenters. The van der Waals surface area contributed by atoms with Crippen LogP contribution < -0.4 is 5.32 Å². The van der Waals surface area contributed by atoms with E-state index in [1.807, 2.05) is 42.8 Å². The molecular weight excluding hydrogens is 298 g/mol. The van der Waals surface area contributed by atoms with Crippen molar-refractivity contribution in [1.29, 1.82) is 0 Å². The minimum absolute atomic E-state index is 0.615. The Hall–Kier alpha value is -2.40. The van der Waals surface area contributed by atoms with Crippen LogP contribution in [0.25, 0.3) is 16.7 Å². The third-order valence-corrected chi connectivity index (χ3v) is 3.56. The monoisotopic (exact) mass is 313 g/mol. The molecule has 3 aromatic rings. The summed E-state index contributed by atoms with van der Waals surface area (Å²) in [7, 11) is 1.82. The highest BCUT2D eigenvalue weighted by molar-refractivity contribution is 6.30. The zero-order chi connectivity index (χ0) is 15.7. The maximum absolute atomic E-state index is 6.05. The van der Waals surface area contributed by atoms with E-state index in [1.165, 1.54) is 0 Å². The van der Waals surface area contributed by atoms with Crippen molar-refractivity contribution < 1.29 is 0 Å². The summed E-state index contributed by atoms with van der Waals surface area (Å²) >= 11 is 6.05. The van der Waals surface area contributed by atoms with Gasteiger partial charge in [0.2, 0.25) is 0 Å². The topological polar surface area (TPSA) is 55.6 Å². The van der Waals surface area contributed by atoms with Gasteiger partial charge in [-0.15, -0.1) is 0 Å². The molecule has 3 rings (SSSR count). The molecule has 0 saturated carbocycles. The average Bonchev–Trinajstić information content (AvgIpc) is 2.89. The number of aromatic nitrogens is 4. The molecule has 6 heteroatoms. The number of fused-ring (bicyclic) bond motifs is 1. The van der Waals surface area contributed by atoms with E-state index < -0.39 is 0 Å². The number of allylic oxidation sites excluding steroid dienone is 1. The van der Waals surface area contributed by atoms with Crippen LogP contribution in [0.5, 0.6) is 0 Å².